The number of benzene rings is 2. The van der Waals surface area contributed by atoms with Crippen molar-refractivity contribution < 1.29 is 52.8 Å². The van der Waals surface area contributed by atoms with E-state index in [9.17, 15) is 33.5 Å². The van der Waals surface area contributed by atoms with Crippen LogP contribution in [0, 0.1) is 0 Å². The van der Waals surface area contributed by atoms with Gasteiger partial charge in [0.2, 0.25) is 0 Å². The van der Waals surface area contributed by atoms with Crippen molar-refractivity contribution in [2.75, 3.05) is 19.3 Å². The first-order valence-corrected chi connectivity index (χ1v) is 19.4. The van der Waals surface area contributed by atoms with E-state index in [4.69, 9.17) is 29.3 Å². The van der Waals surface area contributed by atoms with E-state index in [2.05, 4.69) is 9.97 Å². The molecule has 3 aromatic heterocycles. The largest absolute Gasteiger partial charge is 0.482 e. The van der Waals surface area contributed by atoms with Gasteiger partial charge in [-0.2, -0.15) is 0 Å². The lowest BCUT2D eigenvalue weighted by Crippen LogP contribution is -2.09. The maximum absolute atomic E-state index is 11.8. The van der Waals surface area contributed by atoms with Crippen LogP contribution in [-0.2, 0) is 13.9 Å². The molecule has 0 radical (unpaired) electrons. The van der Waals surface area contributed by atoms with Crippen LogP contribution in [-0.4, -0.2) is 69.9 Å². The summed E-state index contributed by atoms with van der Waals surface area (Å²) in [4.78, 5) is 65.9. The zero-order chi connectivity index (χ0) is 37.3. The molecule has 5 aromatic rings. The number of nitrogens with zero attached hydrogens (tertiary/aromatic N) is 2. The Morgan fingerprint density at radius 2 is 1.13 bits per heavy atom. The number of aliphatic carboxylic acids is 1. The van der Waals surface area contributed by atoms with Gasteiger partial charge in [-0.3, -0.25) is 9.13 Å². The summed E-state index contributed by atoms with van der Waals surface area (Å²) in [6.07, 6.45) is 5.30. The van der Waals surface area contributed by atoms with Crippen LogP contribution in [0.4, 0.5) is 0 Å². The maximum atomic E-state index is 11.8. The van der Waals surface area contributed by atoms with Crippen molar-refractivity contribution >= 4 is 67.5 Å². The van der Waals surface area contributed by atoms with E-state index in [1.54, 1.807) is 36.4 Å². The number of rotatable bonds is 11. The Bertz CT molecular complexity index is 2520. The first-order chi connectivity index (χ1) is 25.3. The van der Waals surface area contributed by atoms with Crippen LogP contribution >= 0.6 is 15.2 Å². The van der Waals surface area contributed by atoms with Crippen LogP contribution in [0.2, 0.25) is 0 Å². The number of hydrogen-bond donors (Lipinski definition) is 7. The van der Waals surface area contributed by atoms with Gasteiger partial charge < -0.3 is 48.9 Å². The summed E-state index contributed by atoms with van der Waals surface area (Å²) in [5.74, 6) is -0.709. The van der Waals surface area contributed by atoms with E-state index in [-0.39, 0.29) is 17.1 Å². The van der Waals surface area contributed by atoms with Gasteiger partial charge in [0.05, 0.1) is 28.3 Å². The second-order valence-corrected chi connectivity index (χ2v) is 15.1. The van der Waals surface area contributed by atoms with Gasteiger partial charge in [-0.15, -0.1) is 0 Å². The van der Waals surface area contributed by atoms with Crippen LogP contribution in [0.25, 0.3) is 68.6 Å². The zero-order valence-corrected chi connectivity index (χ0v) is 29.2. The average Bonchev–Trinajstić information content (AvgIpc) is 3.93. The van der Waals surface area contributed by atoms with Crippen molar-refractivity contribution in [2.24, 2.45) is 0 Å². The van der Waals surface area contributed by atoms with Gasteiger partial charge in [-0.05, 0) is 90.5 Å². The Morgan fingerprint density at radius 3 is 1.64 bits per heavy atom. The molecule has 0 saturated carbocycles. The van der Waals surface area contributed by atoms with Gasteiger partial charge in [0, 0.05) is 33.2 Å². The van der Waals surface area contributed by atoms with Gasteiger partial charge in [0.1, 0.15) is 17.2 Å². The van der Waals surface area contributed by atoms with Crippen LogP contribution in [0.5, 0.6) is 17.2 Å². The molecule has 2 aliphatic rings. The summed E-state index contributed by atoms with van der Waals surface area (Å²) in [6.45, 7) is -0.463. The number of fused-ring (bicyclic) bond motifs is 8. The van der Waals surface area contributed by atoms with Crippen molar-refractivity contribution in [3.05, 3.63) is 102 Å². The average molecular weight is 757 g/mol. The number of carboxylic acids is 1. The fourth-order valence-electron chi connectivity index (χ4n) is 5.81. The van der Waals surface area contributed by atoms with Crippen molar-refractivity contribution in [2.45, 2.75) is 0 Å². The first-order valence-electron chi connectivity index (χ1n) is 15.8. The molecule has 270 valence electrons. The van der Waals surface area contributed by atoms with E-state index >= 15 is 0 Å². The van der Waals surface area contributed by atoms with E-state index < -0.39 is 40.5 Å². The van der Waals surface area contributed by atoms with Crippen molar-refractivity contribution in [3.8, 4) is 39.5 Å². The lowest BCUT2D eigenvalue weighted by molar-refractivity contribution is -0.139. The number of carbonyl (C=O) groups is 1. The van der Waals surface area contributed by atoms with Gasteiger partial charge in [-0.1, -0.05) is 18.2 Å². The van der Waals surface area contributed by atoms with E-state index in [1.165, 1.54) is 18.2 Å². The second-order valence-electron chi connectivity index (χ2n) is 11.9. The Kier molecular flexibility index (Phi) is 9.62. The molecule has 17 heteroatoms. The third kappa shape index (κ3) is 8.48. The van der Waals surface area contributed by atoms with Crippen LogP contribution in [0.3, 0.4) is 0 Å². The quantitative estimate of drug-likeness (QED) is 0.0701. The van der Waals surface area contributed by atoms with Crippen LogP contribution in [0.1, 0.15) is 22.8 Å². The van der Waals surface area contributed by atoms with Crippen LogP contribution < -0.4 is 14.2 Å². The monoisotopic (exact) mass is 756 g/mol. The van der Waals surface area contributed by atoms with Gasteiger partial charge in [0.25, 0.3) is 0 Å². The summed E-state index contributed by atoms with van der Waals surface area (Å²) in [5, 5.41) is 8.98. The highest BCUT2D eigenvalue weighted by Gasteiger charge is 2.24. The van der Waals surface area contributed by atoms with Gasteiger partial charge >= 0.3 is 21.2 Å². The second kappa shape index (κ2) is 14.3. The molecule has 5 heterocycles. The number of carboxylic acid groups (broad SMARTS) is 1. The fraction of sp³-hybridized carbons (Fsp3) is 0.0833. The molecule has 7 N–H and O–H groups in total. The predicted octanol–water partition coefficient (Wildman–Crippen LogP) is 6.48. The fourth-order valence-corrected chi connectivity index (χ4v) is 6.42. The number of ether oxygens (including phenoxy) is 3. The Hall–Kier alpha value is -5.79. The third-order valence-corrected chi connectivity index (χ3v) is 8.85. The maximum Gasteiger partial charge on any atom is 0.362 e. The van der Waals surface area contributed by atoms with E-state index in [1.807, 2.05) is 48.6 Å². The molecule has 53 heavy (non-hydrogen) atoms. The Labute approximate surface area is 300 Å². The molecule has 0 aliphatic carbocycles. The van der Waals surface area contributed by atoms with Crippen LogP contribution in [0.15, 0.2) is 78.9 Å². The Morgan fingerprint density at radius 1 is 0.623 bits per heavy atom. The lowest BCUT2D eigenvalue weighted by Gasteiger charge is -2.18. The highest BCUT2D eigenvalue weighted by atomic mass is 31.2. The standard InChI is InChI=1S/C36H30N4O11P2/c41-33(42)18-49-26-10-4-21(5-11-26)34-27-12-6-22(37-27)16-24-8-14-29(39-24)35(30-15-9-25(40-30)17-23-7-13-28(34)38-23)36-31(50-19-52(43,44)45)2-1-3-32(36)51-20-53(46,47)48/h1-17,37,40H,18-20H2,(H,41,42)(H2,43,44,45)(H2,46,47,48). The molecule has 2 aromatic carbocycles. The van der Waals surface area contributed by atoms with E-state index in [0.717, 1.165) is 16.6 Å². The molecule has 0 saturated heterocycles. The van der Waals surface area contributed by atoms with Gasteiger partial charge in [-0.25, -0.2) is 14.8 Å². The summed E-state index contributed by atoms with van der Waals surface area (Å²) in [5.41, 5.74) is 6.88. The molecule has 0 spiro atoms. The molecule has 8 bridgehead atoms. The normalized spacial score (nSPS) is 12.5. The van der Waals surface area contributed by atoms with E-state index in [0.29, 0.717) is 50.6 Å². The number of H-pyrrole nitrogens is 2. The third-order valence-electron chi connectivity index (χ3n) is 7.92. The number of nitrogens with one attached hydrogen (secondary N) is 2. The SMILES string of the molecule is O=C(O)COc1ccc(-c2c3nc(cc4ccc([nH]4)c(-c4c(OCP(=O)(O)O)cccc4OCP(=O)(O)O)c4nc(cc5ccc2[nH]5)C=C4)C=C3)cc1. The minimum atomic E-state index is -4.64. The first kappa shape index (κ1) is 35.6. The lowest BCUT2D eigenvalue weighted by atomic mass is 10.0. The predicted molar refractivity (Wildman–Crippen MR) is 198 cm³/mol. The minimum Gasteiger partial charge on any atom is -0.482 e. The number of hydrogen-bond acceptors (Lipinski definition) is 8. The topological polar surface area (TPSA) is 237 Å². The molecule has 0 amide bonds. The molecule has 0 unspecified atom stereocenters. The molecule has 2 aliphatic heterocycles. The van der Waals surface area contributed by atoms with Crippen molar-refractivity contribution in [1.29, 1.82) is 0 Å². The molecular weight excluding hydrogens is 726 g/mol. The summed E-state index contributed by atoms with van der Waals surface area (Å²) in [7, 11) is -9.28. The molecule has 0 atom stereocenters. The van der Waals surface area contributed by atoms with Gasteiger partial charge in [0.15, 0.2) is 19.3 Å². The smallest absolute Gasteiger partial charge is 0.362 e. The summed E-state index contributed by atoms with van der Waals surface area (Å²) >= 11 is 0. The highest BCUT2D eigenvalue weighted by Crippen LogP contribution is 2.46. The van der Waals surface area contributed by atoms with Crippen molar-refractivity contribution in [1.82, 2.24) is 19.9 Å². The molecule has 7 rings (SSSR count). The highest BCUT2D eigenvalue weighted by molar-refractivity contribution is 7.51. The zero-order valence-electron chi connectivity index (χ0n) is 27.4. The Balaban J connectivity index is 1.46. The van der Waals surface area contributed by atoms with Crippen molar-refractivity contribution in [3.63, 3.8) is 0 Å². The molecular formula is C36H30N4O11P2. The molecule has 15 nitrogen and oxygen atoms in total. The minimum absolute atomic E-state index is 0.0181. The summed E-state index contributed by atoms with van der Waals surface area (Å²) in [6, 6.07) is 22.4. The number of aromatic nitrogens is 4. The number of aromatic amines is 2. The summed E-state index contributed by atoms with van der Waals surface area (Å²) < 4.78 is 40.2. The molecule has 0 fully saturated rings.